The molecule has 18 heavy (non-hydrogen) atoms. The van der Waals surface area contributed by atoms with Crippen LogP contribution in [0.4, 0.5) is 10.8 Å². The molecular weight excluding hydrogens is 270 g/mol. The summed E-state index contributed by atoms with van der Waals surface area (Å²) in [6.45, 7) is 1.62. The monoisotopic (exact) mass is 289 g/mol. The van der Waals surface area contributed by atoms with E-state index in [2.05, 4.69) is 9.69 Å². The molecule has 0 aliphatic heterocycles. The maximum Gasteiger partial charge on any atom is 0.184 e. The Labute approximate surface area is 112 Å². The van der Waals surface area contributed by atoms with Crippen LogP contribution in [0.2, 0.25) is 0 Å². The molecule has 0 radical (unpaired) electrons. The van der Waals surface area contributed by atoms with E-state index in [0.717, 1.165) is 24.4 Å². The summed E-state index contributed by atoms with van der Waals surface area (Å²) in [5.41, 5.74) is 5.69. The molecule has 0 spiro atoms. The maximum absolute atomic E-state index is 12.0. The first-order valence-corrected chi connectivity index (χ1v) is 8.71. The molecule has 1 heterocycles. The van der Waals surface area contributed by atoms with Crippen LogP contribution in [0.1, 0.15) is 39.0 Å². The number of nitrogens with zero attached hydrogens (tertiary/aromatic N) is 1. The van der Waals surface area contributed by atoms with Gasteiger partial charge in [-0.25, -0.2) is 8.42 Å². The van der Waals surface area contributed by atoms with Gasteiger partial charge in [0.25, 0.3) is 0 Å². The third-order valence-corrected chi connectivity index (χ3v) is 6.02. The molecule has 7 heteroatoms. The fourth-order valence-corrected chi connectivity index (χ4v) is 4.50. The smallest absolute Gasteiger partial charge is 0.184 e. The molecule has 1 aromatic rings. The minimum Gasteiger partial charge on any atom is -0.382 e. The van der Waals surface area contributed by atoms with Gasteiger partial charge in [0.1, 0.15) is 9.90 Å². The molecule has 3 N–H and O–H groups in total. The van der Waals surface area contributed by atoms with Crippen LogP contribution < -0.4 is 11.1 Å². The SMILES string of the molecule is CCS(=O)(=O)c1c(N)nsc1NC1CCCCC1. The Kier molecular flexibility index (Phi) is 4.11. The second-order valence-electron chi connectivity index (χ2n) is 4.61. The van der Waals surface area contributed by atoms with E-state index in [1.807, 2.05) is 0 Å². The number of aromatic nitrogens is 1. The summed E-state index contributed by atoms with van der Waals surface area (Å²) in [7, 11) is -3.31. The Morgan fingerprint density at radius 3 is 2.67 bits per heavy atom. The van der Waals surface area contributed by atoms with E-state index < -0.39 is 9.84 Å². The van der Waals surface area contributed by atoms with Crippen molar-refractivity contribution in [3.8, 4) is 0 Å². The van der Waals surface area contributed by atoms with Crippen molar-refractivity contribution in [2.75, 3.05) is 16.8 Å². The van der Waals surface area contributed by atoms with Gasteiger partial charge in [-0.15, -0.1) is 0 Å². The Morgan fingerprint density at radius 1 is 1.39 bits per heavy atom. The highest BCUT2D eigenvalue weighted by molar-refractivity contribution is 7.91. The fourth-order valence-electron chi connectivity index (χ4n) is 2.26. The molecule has 0 saturated heterocycles. The van der Waals surface area contributed by atoms with Gasteiger partial charge >= 0.3 is 0 Å². The normalized spacial score (nSPS) is 17.8. The standard InChI is InChI=1S/C11H19N3O2S2/c1-2-18(15,16)9-10(12)14-17-11(9)13-8-6-4-3-5-7-8/h8,13H,2-7H2,1H3,(H2,12,14). The number of rotatable bonds is 4. The highest BCUT2D eigenvalue weighted by Crippen LogP contribution is 2.34. The van der Waals surface area contributed by atoms with Crippen molar-refractivity contribution >= 4 is 32.2 Å². The third kappa shape index (κ3) is 2.77. The zero-order valence-corrected chi connectivity index (χ0v) is 12.1. The first-order chi connectivity index (χ1) is 8.54. The molecule has 2 rings (SSSR count). The van der Waals surface area contributed by atoms with E-state index in [1.54, 1.807) is 6.92 Å². The highest BCUT2D eigenvalue weighted by Gasteiger charge is 2.25. The van der Waals surface area contributed by atoms with Crippen LogP contribution in [-0.2, 0) is 9.84 Å². The zero-order valence-electron chi connectivity index (χ0n) is 10.5. The lowest BCUT2D eigenvalue weighted by molar-refractivity contribution is 0.463. The Bertz CT molecular complexity index is 504. The summed E-state index contributed by atoms with van der Waals surface area (Å²) in [6.07, 6.45) is 5.83. The van der Waals surface area contributed by atoms with E-state index in [1.165, 1.54) is 19.3 Å². The first-order valence-electron chi connectivity index (χ1n) is 6.29. The van der Waals surface area contributed by atoms with Crippen LogP contribution in [0.3, 0.4) is 0 Å². The summed E-state index contributed by atoms with van der Waals surface area (Å²) in [6, 6.07) is 0.351. The van der Waals surface area contributed by atoms with Crippen molar-refractivity contribution in [3.63, 3.8) is 0 Å². The van der Waals surface area contributed by atoms with Crippen molar-refractivity contribution in [3.05, 3.63) is 0 Å². The molecule has 5 nitrogen and oxygen atoms in total. The molecule has 1 saturated carbocycles. The molecule has 0 unspecified atom stereocenters. The average Bonchev–Trinajstić information content (AvgIpc) is 2.72. The number of sulfone groups is 1. The molecule has 0 atom stereocenters. The fraction of sp³-hybridized carbons (Fsp3) is 0.727. The van der Waals surface area contributed by atoms with Crippen molar-refractivity contribution in [1.29, 1.82) is 0 Å². The van der Waals surface area contributed by atoms with Crippen LogP contribution in [-0.4, -0.2) is 24.6 Å². The zero-order chi connectivity index (χ0) is 13.2. The van der Waals surface area contributed by atoms with Crippen molar-refractivity contribution in [1.82, 2.24) is 4.37 Å². The van der Waals surface area contributed by atoms with E-state index >= 15 is 0 Å². The minimum atomic E-state index is -3.31. The lowest BCUT2D eigenvalue weighted by Crippen LogP contribution is -2.22. The molecule has 0 aromatic carbocycles. The van der Waals surface area contributed by atoms with Gasteiger partial charge in [-0.1, -0.05) is 26.2 Å². The summed E-state index contributed by atoms with van der Waals surface area (Å²) in [5, 5.41) is 3.92. The second-order valence-corrected chi connectivity index (χ2v) is 7.60. The molecule has 102 valence electrons. The number of nitrogens with one attached hydrogen (secondary N) is 1. The van der Waals surface area contributed by atoms with Gasteiger partial charge in [0.2, 0.25) is 0 Å². The summed E-state index contributed by atoms with van der Waals surface area (Å²) in [4.78, 5) is 0.195. The number of anilines is 2. The summed E-state index contributed by atoms with van der Waals surface area (Å²) < 4.78 is 28.0. The molecule has 1 aromatic heterocycles. The van der Waals surface area contributed by atoms with Gasteiger partial charge in [-0.05, 0) is 24.4 Å². The van der Waals surface area contributed by atoms with Gasteiger partial charge in [0, 0.05) is 6.04 Å². The largest absolute Gasteiger partial charge is 0.382 e. The molecule has 0 bridgehead atoms. The van der Waals surface area contributed by atoms with E-state index in [4.69, 9.17) is 5.73 Å². The lowest BCUT2D eigenvalue weighted by Gasteiger charge is -2.23. The molecule has 1 aliphatic carbocycles. The summed E-state index contributed by atoms with van der Waals surface area (Å²) in [5.74, 6) is 0.176. The van der Waals surface area contributed by atoms with Crippen molar-refractivity contribution in [2.45, 2.75) is 50.0 Å². The number of hydrogen-bond acceptors (Lipinski definition) is 6. The van der Waals surface area contributed by atoms with E-state index in [0.29, 0.717) is 11.0 Å². The average molecular weight is 289 g/mol. The quantitative estimate of drug-likeness (QED) is 0.888. The van der Waals surface area contributed by atoms with Crippen LogP contribution in [0.15, 0.2) is 4.90 Å². The molecule has 1 fully saturated rings. The first kappa shape index (κ1) is 13.6. The Hall–Kier alpha value is -0.820. The van der Waals surface area contributed by atoms with Crippen LogP contribution in [0.25, 0.3) is 0 Å². The predicted octanol–water partition coefficient (Wildman–Crippen LogP) is 2.26. The predicted molar refractivity (Wildman–Crippen MR) is 74.7 cm³/mol. The van der Waals surface area contributed by atoms with E-state index in [-0.39, 0.29) is 16.5 Å². The van der Waals surface area contributed by atoms with Gasteiger partial charge in [-0.2, -0.15) is 4.37 Å². The van der Waals surface area contributed by atoms with Crippen molar-refractivity contribution in [2.24, 2.45) is 0 Å². The lowest BCUT2D eigenvalue weighted by atomic mass is 9.96. The number of hydrogen-bond donors (Lipinski definition) is 2. The van der Waals surface area contributed by atoms with E-state index in [9.17, 15) is 8.42 Å². The minimum absolute atomic E-state index is 0.0506. The Morgan fingerprint density at radius 2 is 2.06 bits per heavy atom. The van der Waals surface area contributed by atoms with Crippen LogP contribution in [0.5, 0.6) is 0 Å². The summed E-state index contributed by atoms with van der Waals surface area (Å²) >= 11 is 1.15. The highest BCUT2D eigenvalue weighted by atomic mass is 32.2. The van der Waals surface area contributed by atoms with Crippen molar-refractivity contribution < 1.29 is 8.42 Å². The Balaban J connectivity index is 2.23. The van der Waals surface area contributed by atoms with Gasteiger partial charge in [-0.3, -0.25) is 0 Å². The topological polar surface area (TPSA) is 85.1 Å². The van der Waals surface area contributed by atoms with Gasteiger partial charge in [0.15, 0.2) is 15.7 Å². The van der Waals surface area contributed by atoms with Gasteiger partial charge < -0.3 is 11.1 Å². The second kappa shape index (κ2) is 5.44. The molecule has 0 amide bonds. The van der Waals surface area contributed by atoms with Crippen LogP contribution in [0, 0.1) is 0 Å². The maximum atomic E-state index is 12.0. The third-order valence-electron chi connectivity index (χ3n) is 3.31. The number of nitrogen functional groups attached to an aromatic ring is 1. The molecular formula is C11H19N3O2S2. The van der Waals surface area contributed by atoms with Gasteiger partial charge in [0.05, 0.1) is 5.75 Å². The van der Waals surface area contributed by atoms with Crippen LogP contribution >= 0.6 is 11.5 Å². The molecule has 1 aliphatic rings. The number of nitrogens with two attached hydrogens (primary N) is 1.